The number of hydrogen-bond donors (Lipinski definition) is 7. The van der Waals surface area contributed by atoms with Crippen LogP contribution in [0.1, 0.15) is 44.5 Å². The number of nitrogen functional groups attached to an aromatic ring is 2. The predicted molar refractivity (Wildman–Crippen MR) is 568 cm³/mol. The van der Waals surface area contributed by atoms with Gasteiger partial charge in [0.2, 0.25) is 39.0 Å². The maximum Gasteiger partial charge on any atom is 0.384 e. The highest BCUT2D eigenvalue weighted by atomic mass is 35.7. The minimum atomic E-state index is -4.19. The monoisotopic (exact) mass is 2320 g/mol. The van der Waals surface area contributed by atoms with Crippen molar-refractivity contribution in [3.8, 4) is 35.3 Å². The summed E-state index contributed by atoms with van der Waals surface area (Å²) in [7, 11) is -5.00. The summed E-state index contributed by atoms with van der Waals surface area (Å²) in [6.45, 7) is 15.8. The summed E-state index contributed by atoms with van der Waals surface area (Å²) in [5, 5.41) is 1.57. The SMILES string of the molecule is Cc1cc(C)cc(N)c1.Cc1cc(C)cc(N)c1.Cc1cc(C)cc(NS(=O)(=O)c2cccn2-c2ccnc(Cl)n2)c1.Cc1cc(C)cc(NS(=O)(=O)c2cccn2-c2nccc(Cl)n2)c1.ClC1=NC(Cl)=NC=[C+]1.Clc1ccnc(-n2cccc2)n1.Clc1nccc(-n2cccc2)n1.O=S(=O)(Cl)c1cccn1-c1ccnc(Cl)n1.O=S(=O)(Cl)c1cccn1-c1nccc(Cl)n1.O=S(=O)(O)Cl.O=S(=O)(O)Cl.c1cc[nH]c1. The van der Waals surface area contributed by atoms with Crippen LogP contribution in [-0.4, -0.2) is 162 Å². The maximum atomic E-state index is 12.8. The predicted octanol–water partition coefficient (Wildman–Crippen LogP) is 20.6. The van der Waals surface area contributed by atoms with E-state index in [0.717, 1.165) is 39.4 Å². The third-order valence-electron chi connectivity index (χ3n) is 16.7. The third kappa shape index (κ3) is 44.6. The van der Waals surface area contributed by atoms with Gasteiger partial charge in [-0.1, -0.05) is 59.1 Å². The molecule has 0 aliphatic carbocycles. The van der Waals surface area contributed by atoms with Crippen LogP contribution in [0.15, 0.2) is 330 Å². The Morgan fingerprint density at radius 3 is 0.938 bits per heavy atom. The number of halogens is 12. The Kier molecular flexibility index (Phi) is 46.9. The molecule has 145 heavy (non-hydrogen) atoms. The number of aromatic amines is 1. The van der Waals surface area contributed by atoms with Gasteiger partial charge in [-0.05, 0) is 328 Å². The van der Waals surface area contributed by atoms with E-state index < -0.39 is 56.8 Å². The fraction of sp³-hybridized carbons (Fsp3) is 0.0909. The van der Waals surface area contributed by atoms with Gasteiger partial charge in [0.15, 0.2) is 20.1 Å². The molecule has 1 aliphatic rings. The summed E-state index contributed by atoms with van der Waals surface area (Å²) < 4.78 is 161. The molecule has 0 saturated carbocycles. The highest BCUT2D eigenvalue weighted by molar-refractivity contribution is 8.14. The quantitative estimate of drug-likeness (QED) is 0.0101. The lowest BCUT2D eigenvalue weighted by Gasteiger charge is -2.12. The van der Waals surface area contributed by atoms with E-state index in [-0.39, 0.29) is 68.6 Å². The van der Waals surface area contributed by atoms with Gasteiger partial charge in [0.25, 0.3) is 44.3 Å². The molecule has 14 heterocycles. The van der Waals surface area contributed by atoms with Gasteiger partial charge in [-0.3, -0.25) is 41.4 Å². The number of aliphatic imine (C=N–C) groups is 2. The Labute approximate surface area is 892 Å². The molecular weight excluding hydrogens is 2250 g/mol. The van der Waals surface area contributed by atoms with Gasteiger partial charge in [-0.25, -0.2) is 61.7 Å². The lowest BCUT2D eigenvalue weighted by Crippen LogP contribution is -2.17. The number of aryl methyl sites for hydroxylation is 8. The number of nitrogens with two attached hydrogens (primary N) is 2. The number of sulfonamides is 2. The van der Waals surface area contributed by atoms with Crippen LogP contribution in [0.3, 0.4) is 0 Å². The summed E-state index contributed by atoms with van der Waals surface area (Å²) in [4.78, 5) is 57.2. The summed E-state index contributed by atoms with van der Waals surface area (Å²) in [6, 6.07) is 56.3. The van der Waals surface area contributed by atoms with Crippen molar-refractivity contribution in [2.24, 2.45) is 9.98 Å². The second-order valence-electron chi connectivity index (χ2n) is 28.6. The molecule has 0 radical (unpaired) electrons. The molecule has 0 bridgehead atoms. The smallest absolute Gasteiger partial charge is 0.384 e. The second-order valence-corrected chi connectivity index (χ2v) is 43.7. The molecule has 9 N–H and O–H groups in total. The Morgan fingerprint density at radius 1 is 0.331 bits per heavy atom. The van der Waals surface area contributed by atoms with E-state index in [1.807, 2.05) is 170 Å². The molecule has 57 heteroatoms. The summed E-state index contributed by atoms with van der Waals surface area (Å²) >= 11 is 44.9. The van der Waals surface area contributed by atoms with E-state index >= 15 is 0 Å². The standard InChI is InChI=1S/2C16H15ClN4O2S.2C8H5Cl2N3O2S.2C8H6ClN3.2C8H11N.C4HCl2N2.C4H5N.2ClHO3S/c1-11-8-12(2)10-13(9-11)20-24(22,23)15-4-3-7-21(15)14-5-6-18-16(17)19-14;1-11-8-12(2)10-13(9-11)20-24(22,23)15-4-3-7-21(15)16-18-6-5-14(17)19-16;9-8-11-4-3-6(12-8)13-5-1-2-7(13)16(10,14)15;9-6-3-4-11-8(12-6)13-5-1-2-7(13)16(10,14)15;9-8-10-4-3-7(11-8)12-5-1-2-6-12;9-7-3-4-10-8(11-7)12-5-1-2-6-12;2*1-6-3-7(2)5-8(9)4-6;5-3-1-2-7-4(6)8-3;1-2-4-5-3-1;2*1-5(2,3)4/h2*3-10,20H,1-2H3;2*1-5H;2*1-6H;2*3-5H,9H2,1-2H3;2H;1-5H;2*(H,2,3,4)/q;;;;;;;;+1;;;. The topological polar surface area (TPSA) is 546 Å². The molecule has 762 valence electrons. The number of nitrogens with zero attached hydrogens (tertiary/aromatic N) is 20. The van der Waals surface area contributed by atoms with Crippen LogP contribution in [0, 0.1) is 61.5 Å². The van der Waals surface area contributed by atoms with Gasteiger partial charge in [-0.15, -0.1) is 0 Å². The fourth-order valence-corrected chi connectivity index (χ4v) is 17.3. The normalized spacial score (nSPS) is 11.2. The molecule has 18 rings (SSSR count). The first-order chi connectivity index (χ1) is 68.0. The van der Waals surface area contributed by atoms with Crippen LogP contribution in [0.5, 0.6) is 0 Å². The molecule has 17 aromatic rings. The van der Waals surface area contributed by atoms with Crippen molar-refractivity contribution in [2.45, 2.75) is 75.5 Å². The van der Waals surface area contributed by atoms with Gasteiger partial charge in [0.05, 0.1) is 0 Å². The number of nitrogens with one attached hydrogen (secondary N) is 3. The summed E-state index contributed by atoms with van der Waals surface area (Å²) in [5.74, 6) is 2.42. The fourth-order valence-electron chi connectivity index (χ4n) is 11.7. The third-order valence-corrected chi connectivity index (χ3v) is 23.6. The largest absolute Gasteiger partial charge is 0.399 e. The first kappa shape index (κ1) is 120. The van der Waals surface area contributed by atoms with E-state index in [9.17, 15) is 33.7 Å². The minimum absolute atomic E-state index is 0.0314. The van der Waals surface area contributed by atoms with Crippen molar-refractivity contribution in [1.29, 1.82) is 0 Å². The molecule has 0 saturated heterocycles. The van der Waals surface area contributed by atoms with Crippen LogP contribution >= 0.6 is 136 Å². The molecular formula is C88H82Cl12N25O14S6+. The van der Waals surface area contributed by atoms with E-state index in [0.29, 0.717) is 34.1 Å². The number of allylic oxidation sites excluding steroid dienone is 1. The van der Waals surface area contributed by atoms with Gasteiger partial charge >= 0.3 is 29.9 Å². The van der Waals surface area contributed by atoms with Crippen molar-refractivity contribution >= 4 is 226 Å². The number of rotatable bonds is 14. The second kappa shape index (κ2) is 56.9. The van der Waals surface area contributed by atoms with Gasteiger partial charge in [-0.2, -0.15) is 58.6 Å². The average molecular weight is 2330 g/mol. The first-order valence-corrected chi connectivity index (χ1v) is 55.3. The van der Waals surface area contributed by atoms with E-state index in [1.54, 1.807) is 90.0 Å². The minimum Gasteiger partial charge on any atom is -0.399 e. The van der Waals surface area contributed by atoms with Crippen molar-refractivity contribution in [1.82, 2.24) is 92.2 Å². The first-order valence-electron chi connectivity index (χ1n) is 40.2. The maximum absolute atomic E-state index is 12.8. The summed E-state index contributed by atoms with van der Waals surface area (Å²) in [6.07, 6.45) is 30.4. The van der Waals surface area contributed by atoms with Crippen LogP contribution in [0.2, 0.25) is 31.3 Å². The summed E-state index contributed by atoms with van der Waals surface area (Å²) in [5.41, 5.74) is 22.7. The Balaban J connectivity index is 0.000000221. The Bertz CT molecular complexity index is 7390. The molecule has 0 spiro atoms. The zero-order valence-corrected chi connectivity index (χ0v) is 90.1. The van der Waals surface area contributed by atoms with Crippen LogP contribution < -0.4 is 20.9 Å². The number of amidine groups is 1. The molecule has 1 aliphatic heterocycles. The lowest BCUT2D eigenvalue weighted by atomic mass is 10.1. The Hall–Kier alpha value is -12.4. The average Bonchev–Trinajstić information content (AvgIpc) is 1.69. The van der Waals surface area contributed by atoms with Crippen LogP contribution in [-0.2, 0) is 56.8 Å². The number of benzene rings is 4. The molecule has 0 fully saturated rings. The van der Waals surface area contributed by atoms with E-state index in [4.69, 9.17) is 152 Å². The van der Waals surface area contributed by atoms with Crippen molar-refractivity contribution < 1.29 is 59.6 Å². The number of aromatic nitrogens is 19. The zero-order valence-electron chi connectivity index (χ0n) is 76.2. The number of H-pyrrole nitrogens is 1. The Morgan fingerprint density at radius 2 is 0.621 bits per heavy atom. The number of hydrogen-bond acceptors (Lipinski definition) is 28. The van der Waals surface area contributed by atoms with Crippen molar-refractivity contribution in [3.05, 3.63) is 381 Å². The lowest BCUT2D eigenvalue weighted by molar-refractivity contribution is 0.499. The van der Waals surface area contributed by atoms with Gasteiger partial charge < -0.3 is 21.0 Å². The van der Waals surface area contributed by atoms with Crippen LogP contribution in [0.25, 0.3) is 35.3 Å². The molecule has 13 aromatic heterocycles. The van der Waals surface area contributed by atoms with Gasteiger partial charge in [0, 0.05) is 165 Å². The molecule has 39 nitrogen and oxygen atoms in total. The molecule has 0 atom stereocenters. The highest BCUT2D eigenvalue weighted by Crippen LogP contribution is 2.27. The molecule has 0 unspecified atom stereocenters. The number of anilines is 4. The van der Waals surface area contributed by atoms with Gasteiger partial charge in [0.1, 0.15) is 32.9 Å². The van der Waals surface area contributed by atoms with E-state index in [2.05, 4.69) is 124 Å². The highest BCUT2D eigenvalue weighted by Gasteiger charge is 2.24. The van der Waals surface area contributed by atoms with Crippen molar-refractivity contribution in [2.75, 3.05) is 20.9 Å². The zero-order chi connectivity index (χ0) is 107. The van der Waals surface area contributed by atoms with Crippen LogP contribution in [0.4, 0.5) is 22.7 Å². The molecule has 0 amide bonds. The van der Waals surface area contributed by atoms with E-state index in [1.165, 1.54) is 132 Å². The van der Waals surface area contributed by atoms with Crippen molar-refractivity contribution in [3.63, 3.8) is 0 Å². The molecule has 4 aromatic carbocycles.